The second-order valence-electron chi connectivity index (χ2n) is 2.72. The number of rotatable bonds is 5. The zero-order valence-corrected chi connectivity index (χ0v) is 9.40. The van der Waals surface area contributed by atoms with Gasteiger partial charge in [-0.1, -0.05) is 19.8 Å². The number of H-pyrrole nitrogens is 1. The lowest BCUT2D eigenvalue weighted by atomic mass is 10.3. The molecular formula is C8H16N2O4S. The molecule has 0 spiro atoms. The predicted molar refractivity (Wildman–Crippen MR) is 55.6 cm³/mol. The van der Waals surface area contributed by atoms with E-state index in [4.69, 9.17) is 4.55 Å². The summed E-state index contributed by atoms with van der Waals surface area (Å²) in [5, 5.41) is 0. The van der Waals surface area contributed by atoms with E-state index in [0.29, 0.717) is 6.42 Å². The van der Waals surface area contributed by atoms with Gasteiger partial charge in [-0.25, -0.2) is 9.17 Å². The van der Waals surface area contributed by atoms with E-state index in [1.807, 2.05) is 6.92 Å². The van der Waals surface area contributed by atoms with Crippen LogP contribution in [0.15, 0.2) is 18.7 Å². The lowest BCUT2D eigenvalue weighted by Crippen LogP contribution is -2.04. The molecule has 1 rings (SSSR count). The molecule has 1 heterocycles. The van der Waals surface area contributed by atoms with Crippen LogP contribution in [0.2, 0.25) is 0 Å². The van der Waals surface area contributed by atoms with E-state index < -0.39 is 10.4 Å². The van der Waals surface area contributed by atoms with Gasteiger partial charge in [-0.05, 0) is 6.42 Å². The highest BCUT2D eigenvalue weighted by molar-refractivity contribution is 7.80. The molecule has 15 heavy (non-hydrogen) atoms. The summed E-state index contributed by atoms with van der Waals surface area (Å²) in [5.74, 6) is 0. The second-order valence-corrected chi connectivity index (χ2v) is 3.81. The zero-order valence-electron chi connectivity index (χ0n) is 8.59. The second kappa shape index (κ2) is 8.39. The van der Waals surface area contributed by atoms with Gasteiger partial charge in [0.05, 0.1) is 12.9 Å². The van der Waals surface area contributed by atoms with Crippen LogP contribution in [0.3, 0.4) is 0 Å². The van der Waals surface area contributed by atoms with Gasteiger partial charge in [-0.2, -0.15) is 8.42 Å². The van der Waals surface area contributed by atoms with Crippen LogP contribution in [0.5, 0.6) is 0 Å². The van der Waals surface area contributed by atoms with Crippen molar-refractivity contribution in [2.45, 2.75) is 26.2 Å². The van der Waals surface area contributed by atoms with Gasteiger partial charge in [0.25, 0.3) is 0 Å². The average Bonchev–Trinajstić information content (AvgIpc) is 2.68. The standard InChI is InChI=1S/C5H12O4S.C3H4N2/c1-2-3-4-5-9-10(6,7)8;1-2-5-3-4-1/h2-5H2,1H3,(H,6,7,8);1-3H,(H,4,5). The molecule has 2 N–H and O–H groups in total. The molecule has 0 amide bonds. The molecule has 0 atom stereocenters. The van der Waals surface area contributed by atoms with Crippen molar-refractivity contribution >= 4 is 10.4 Å². The van der Waals surface area contributed by atoms with Gasteiger partial charge < -0.3 is 4.98 Å². The lowest BCUT2D eigenvalue weighted by Gasteiger charge is -1.96. The third-order valence-electron chi connectivity index (χ3n) is 1.39. The smallest absolute Gasteiger partial charge is 0.351 e. The number of hydrogen-bond donors (Lipinski definition) is 2. The van der Waals surface area contributed by atoms with E-state index in [9.17, 15) is 8.42 Å². The van der Waals surface area contributed by atoms with E-state index >= 15 is 0 Å². The van der Waals surface area contributed by atoms with Crippen LogP contribution in [0.1, 0.15) is 26.2 Å². The maximum absolute atomic E-state index is 9.93. The molecule has 1 aromatic heterocycles. The topological polar surface area (TPSA) is 92.3 Å². The Labute approximate surface area is 89.6 Å². The normalized spacial score (nSPS) is 10.5. The maximum atomic E-state index is 9.93. The first-order valence-electron chi connectivity index (χ1n) is 4.61. The molecule has 0 aliphatic heterocycles. The molecule has 0 aromatic carbocycles. The summed E-state index contributed by atoms with van der Waals surface area (Å²) in [5.41, 5.74) is 0. The molecule has 0 unspecified atom stereocenters. The van der Waals surface area contributed by atoms with Gasteiger partial charge >= 0.3 is 10.4 Å². The highest BCUT2D eigenvalue weighted by Crippen LogP contribution is 1.96. The van der Waals surface area contributed by atoms with Crippen LogP contribution in [-0.2, 0) is 14.6 Å². The highest BCUT2D eigenvalue weighted by Gasteiger charge is 2.01. The fourth-order valence-electron chi connectivity index (χ4n) is 0.731. The molecule has 88 valence electrons. The summed E-state index contributed by atoms with van der Waals surface area (Å²) >= 11 is 0. The van der Waals surface area contributed by atoms with Crippen molar-refractivity contribution < 1.29 is 17.2 Å². The van der Waals surface area contributed by atoms with Crippen LogP contribution >= 0.6 is 0 Å². The Balaban J connectivity index is 0.000000322. The number of hydrogen-bond acceptors (Lipinski definition) is 4. The first-order valence-corrected chi connectivity index (χ1v) is 5.97. The number of unbranched alkanes of at least 4 members (excludes halogenated alkanes) is 2. The first-order chi connectivity index (χ1) is 7.06. The van der Waals surface area contributed by atoms with Gasteiger partial charge in [-0.15, -0.1) is 0 Å². The fourth-order valence-corrected chi connectivity index (χ4v) is 1.06. The van der Waals surface area contributed by atoms with Crippen LogP contribution in [0.25, 0.3) is 0 Å². The van der Waals surface area contributed by atoms with Crippen LogP contribution in [0, 0.1) is 0 Å². The van der Waals surface area contributed by atoms with E-state index in [2.05, 4.69) is 14.2 Å². The van der Waals surface area contributed by atoms with Gasteiger partial charge in [0.15, 0.2) is 0 Å². The predicted octanol–water partition coefficient (Wildman–Crippen LogP) is 1.41. The lowest BCUT2D eigenvalue weighted by molar-refractivity contribution is 0.262. The van der Waals surface area contributed by atoms with Crippen LogP contribution < -0.4 is 0 Å². The number of aromatic nitrogens is 2. The Hall–Kier alpha value is -0.920. The Bertz CT molecular complexity index is 292. The quantitative estimate of drug-likeness (QED) is 0.595. The third kappa shape index (κ3) is 13.1. The van der Waals surface area contributed by atoms with Gasteiger partial charge in [0.2, 0.25) is 0 Å². The molecule has 0 aliphatic carbocycles. The fraction of sp³-hybridized carbons (Fsp3) is 0.625. The molecule has 6 nitrogen and oxygen atoms in total. The molecule has 0 saturated carbocycles. The van der Waals surface area contributed by atoms with E-state index in [-0.39, 0.29) is 6.61 Å². The first kappa shape index (κ1) is 14.1. The Morgan fingerprint density at radius 3 is 2.53 bits per heavy atom. The molecule has 0 radical (unpaired) electrons. The molecule has 0 bridgehead atoms. The van der Waals surface area contributed by atoms with E-state index in [0.717, 1.165) is 12.8 Å². The van der Waals surface area contributed by atoms with Gasteiger partial charge in [-0.3, -0.25) is 4.55 Å². The highest BCUT2D eigenvalue weighted by atomic mass is 32.3. The Morgan fingerprint density at radius 2 is 2.20 bits per heavy atom. The summed E-state index contributed by atoms with van der Waals surface area (Å²) in [4.78, 5) is 6.42. The summed E-state index contributed by atoms with van der Waals surface area (Å²) in [7, 11) is -4.20. The van der Waals surface area contributed by atoms with Crippen molar-refractivity contribution in [3.63, 3.8) is 0 Å². The third-order valence-corrected chi connectivity index (χ3v) is 1.85. The number of nitrogens with one attached hydrogen (secondary N) is 1. The largest absolute Gasteiger partial charge is 0.397 e. The SMILES string of the molecule is CCCCCOS(=O)(=O)O.c1c[nH]cn1. The Kier molecular flexibility index (Phi) is 7.88. The van der Waals surface area contributed by atoms with Crippen molar-refractivity contribution in [1.82, 2.24) is 9.97 Å². The maximum Gasteiger partial charge on any atom is 0.397 e. The molecule has 7 heteroatoms. The summed E-state index contributed by atoms with van der Waals surface area (Å²) in [6, 6.07) is 0. The number of imidazole rings is 1. The van der Waals surface area contributed by atoms with Gasteiger partial charge in [0, 0.05) is 12.4 Å². The van der Waals surface area contributed by atoms with Crippen molar-refractivity contribution in [1.29, 1.82) is 0 Å². The number of aromatic amines is 1. The van der Waals surface area contributed by atoms with E-state index in [1.54, 1.807) is 18.7 Å². The molecule has 0 saturated heterocycles. The van der Waals surface area contributed by atoms with Crippen molar-refractivity contribution in [2.24, 2.45) is 0 Å². The minimum absolute atomic E-state index is 0.0761. The van der Waals surface area contributed by atoms with Crippen molar-refractivity contribution in [3.8, 4) is 0 Å². The van der Waals surface area contributed by atoms with Gasteiger partial charge in [0.1, 0.15) is 0 Å². The zero-order chi connectivity index (χ0) is 11.6. The van der Waals surface area contributed by atoms with Crippen molar-refractivity contribution in [2.75, 3.05) is 6.61 Å². The van der Waals surface area contributed by atoms with Crippen LogP contribution in [-0.4, -0.2) is 29.5 Å². The molecule has 0 aliphatic rings. The summed E-state index contributed by atoms with van der Waals surface area (Å²) < 4.78 is 32.0. The summed E-state index contributed by atoms with van der Waals surface area (Å²) in [6.07, 6.45) is 7.65. The average molecular weight is 236 g/mol. The minimum Gasteiger partial charge on any atom is -0.351 e. The summed E-state index contributed by atoms with van der Waals surface area (Å²) in [6.45, 7) is 2.07. The van der Waals surface area contributed by atoms with Crippen LogP contribution in [0.4, 0.5) is 0 Å². The number of nitrogens with zero attached hydrogens (tertiary/aromatic N) is 1. The van der Waals surface area contributed by atoms with Crippen molar-refractivity contribution in [3.05, 3.63) is 18.7 Å². The Morgan fingerprint density at radius 1 is 1.47 bits per heavy atom. The monoisotopic (exact) mass is 236 g/mol. The van der Waals surface area contributed by atoms with E-state index in [1.165, 1.54) is 0 Å². The molecular weight excluding hydrogens is 220 g/mol. The minimum atomic E-state index is -4.20. The molecule has 0 fully saturated rings. The molecule has 1 aromatic rings.